The Bertz CT molecular complexity index is 764. The minimum absolute atomic E-state index is 0.0148. The highest BCUT2D eigenvalue weighted by Crippen LogP contribution is 2.30. The normalized spacial score (nSPS) is 10.7. The molecule has 0 saturated heterocycles. The molecule has 0 aliphatic rings. The molecule has 3 heterocycles. The van der Waals surface area contributed by atoms with Gasteiger partial charge in [0, 0.05) is 5.38 Å². The number of aromatic nitrogens is 3. The monoisotopic (exact) mass is 288 g/mol. The van der Waals surface area contributed by atoms with Crippen molar-refractivity contribution in [3.63, 3.8) is 0 Å². The van der Waals surface area contributed by atoms with Crippen LogP contribution in [0.25, 0.3) is 22.9 Å². The largest absolute Gasteiger partial charge is 0.453 e. The van der Waals surface area contributed by atoms with Crippen LogP contribution in [0.1, 0.15) is 5.82 Å². The SMILES string of the molecule is Cc1ncc(-c2ccc(-c3csc(N=C(N)N)n3)o2)[nH]1. The molecule has 7 nitrogen and oxygen atoms in total. The molecule has 0 spiro atoms. The number of aromatic amines is 1. The first-order chi connectivity index (χ1) is 9.61. The maximum absolute atomic E-state index is 5.75. The Hall–Kier alpha value is -2.61. The Balaban J connectivity index is 1.90. The van der Waals surface area contributed by atoms with Crippen molar-refractivity contribution in [3.8, 4) is 22.9 Å². The Morgan fingerprint density at radius 1 is 1.35 bits per heavy atom. The fourth-order valence-electron chi connectivity index (χ4n) is 1.71. The molecule has 5 N–H and O–H groups in total. The highest BCUT2D eigenvalue weighted by Gasteiger charge is 2.11. The number of hydrogen-bond donors (Lipinski definition) is 3. The van der Waals surface area contributed by atoms with E-state index < -0.39 is 0 Å². The molecule has 0 aliphatic heterocycles. The Morgan fingerprint density at radius 3 is 2.85 bits per heavy atom. The zero-order valence-electron chi connectivity index (χ0n) is 10.6. The molecule has 0 aliphatic carbocycles. The van der Waals surface area contributed by atoms with Crippen LogP contribution in [0.2, 0.25) is 0 Å². The van der Waals surface area contributed by atoms with Crippen molar-refractivity contribution in [3.05, 3.63) is 29.5 Å². The number of thiazole rings is 1. The van der Waals surface area contributed by atoms with Gasteiger partial charge in [0.1, 0.15) is 17.2 Å². The van der Waals surface area contributed by atoms with Gasteiger partial charge in [0.2, 0.25) is 5.13 Å². The number of guanidine groups is 1. The Kier molecular flexibility index (Phi) is 2.99. The van der Waals surface area contributed by atoms with Crippen LogP contribution >= 0.6 is 11.3 Å². The van der Waals surface area contributed by atoms with Crippen LogP contribution in [-0.2, 0) is 0 Å². The molecule has 0 saturated carbocycles. The van der Waals surface area contributed by atoms with Crippen molar-refractivity contribution in [2.45, 2.75) is 6.92 Å². The lowest BCUT2D eigenvalue weighted by atomic mass is 10.3. The quantitative estimate of drug-likeness (QED) is 0.503. The fraction of sp³-hybridized carbons (Fsp3) is 0.0833. The summed E-state index contributed by atoms with van der Waals surface area (Å²) in [6.07, 6.45) is 1.73. The van der Waals surface area contributed by atoms with Gasteiger partial charge >= 0.3 is 0 Å². The van der Waals surface area contributed by atoms with E-state index in [1.165, 1.54) is 11.3 Å². The predicted octanol–water partition coefficient (Wildman–Crippen LogP) is 2.01. The van der Waals surface area contributed by atoms with E-state index in [4.69, 9.17) is 15.9 Å². The molecule has 3 rings (SSSR count). The lowest BCUT2D eigenvalue weighted by Crippen LogP contribution is -2.21. The van der Waals surface area contributed by atoms with Gasteiger partial charge in [-0.25, -0.2) is 9.97 Å². The van der Waals surface area contributed by atoms with Crippen LogP contribution in [0.5, 0.6) is 0 Å². The Morgan fingerprint density at radius 2 is 2.15 bits per heavy atom. The number of rotatable bonds is 3. The minimum atomic E-state index is -0.0148. The van der Waals surface area contributed by atoms with Crippen LogP contribution in [0, 0.1) is 6.92 Å². The number of aryl methyl sites for hydroxylation is 1. The van der Waals surface area contributed by atoms with Crippen LogP contribution in [0.3, 0.4) is 0 Å². The average Bonchev–Trinajstić information content (AvgIpc) is 3.06. The molecule has 8 heteroatoms. The zero-order chi connectivity index (χ0) is 14.1. The first kappa shape index (κ1) is 12.4. The summed E-state index contributed by atoms with van der Waals surface area (Å²) in [5.41, 5.74) is 12.1. The van der Waals surface area contributed by atoms with E-state index in [9.17, 15) is 0 Å². The first-order valence-corrected chi connectivity index (χ1v) is 6.67. The van der Waals surface area contributed by atoms with Crippen LogP contribution in [0.4, 0.5) is 5.13 Å². The lowest BCUT2D eigenvalue weighted by Gasteiger charge is -1.91. The molecule has 0 fully saturated rings. The summed E-state index contributed by atoms with van der Waals surface area (Å²) >= 11 is 1.34. The molecule has 102 valence electrons. The minimum Gasteiger partial charge on any atom is -0.453 e. The number of imidazole rings is 1. The highest BCUT2D eigenvalue weighted by molar-refractivity contribution is 7.13. The van der Waals surface area contributed by atoms with E-state index in [1.54, 1.807) is 6.20 Å². The molecule has 3 aromatic rings. The summed E-state index contributed by atoms with van der Waals surface area (Å²) in [7, 11) is 0. The topological polar surface area (TPSA) is 119 Å². The number of furan rings is 1. The van der Waals surface area contributed by atoms with Crippen molar-refractivity contribution in [1.29, 1.82) is 0 Å². The van der Waals surface area contributed by atoms with Gasteiger partial charge in [0.15, 0.2) is 17.5 Å². The van der Waals surface area contributed by atoms with Gasteiger partial charge in [-0.1, -0.05) is 0 Å². The molecule has 0 atom stereocenters. The van der Waals surface area contributed by atoms with Crippen molar-refractivity contribution in [2.75, 3.05) is 0 Å². The summed E-state index contributed by atoms with van der Waals surface area (Å²) in [4.78, 5) is 15.4. The molecular formula is C12H12N6OS. The number of hydrogen-bond acceptors (Lipinski definition) is 5. The maximum atomic E-state index is 5.75. The van der Waals surface area contributed by atoms with Gasteiger partial charge in [-0.3, -0.25) is 0 Å². The molecule has 0 radical (unpaired) electrons. The van der Waals surface area contributed by atoms with E-state index >= 15 is 0 Å². The van der Waals surface area contributed by atoms with Crippen molar-refractivity contribution in [2.24, 2.45) is 16.5 Å². The number of aliphatic imine (C=N–C) groups is 1. The number of nitrogens with zero attached hydrogens (tertiary/aromatic N) is 3. The number of nitrogens with two attached hydrogens (primary N) is 2. The second kappa shape index (κ2) is 4.82. The van der Waals surface area contributed by atoms with Crippen molar-refractivity contribution in [1.82, 2.24) is 15.0 Å². The molecular weight excluding hydrogens is 276 g/mol. The van der Waals surface area contributed by atoms with E-state index in [0.29, 0.717) is 22.3 Å². The third-order valence-corrected chi connectivity index (χ3v) is 3.28. The van der Waals surface area contributed by atoms with E-state index in [2.05, 4.69) is 19.9 Å². The molecule has 0 bridgehead atoms. The van der Waals surface area contributed by atoms with Crippen LogP contribution in [-0.4, -0.2) is 20.9 Å². The Labute approximate surface area is 118 Å². The molecule has 20 heavy (non-hydrogen) atoms. The fourth-order valence-corrected chi connectivity index (χ4v) is 2.40. The third-order valence-electron chi connectivity index (χ3n) is 2.54. The van der Waals surface area contributed by atoms with Gasteiger partial charge in [0.25, 0.3) is 0 Å². The maximum Gasteiger partial charge on any atom is 0.212 e. The van der Waals surface area contributed by atoms with Gasteiger partial charge in [-0.05, 0) is 19.1 Å². The molecule has 0 unspecified atom stereocenters. The first-order valence-electron chi connectivity index (χ1n) is 5.79. The summed E-state index contributed by atoms with van der Waals surface area (Å²) in [6.45, 7) is 1.88. The van der Waals surface area contributed by atoms with Crippen molar-refractivity contribution >= 4 is 22.4 Å². The molecule has 0 amide bonds. The van der Waals surface area contributed by atoms with Gasteiger partial charge in [0.05, 0.1) is 6.20 Å². The summed E-state index contributed by atoms with van der Waals surface area (Å²) in [5.74, 6) is 2.18. The third kappa shape index (κ3) is 2.41. The second-order valence-electron chi connectivity index (χ2n) is 4.10. The number of H-pyrrole nitrogens is 1. The standard InChI is InChI=1S/C12H12N6OS/c1-6-15-4-7(16-6)9-2-3-10(19-9)8-5-20-12(17-8)18-11(13)14/h2-5H,1H3,(H,15,16)(H4,13,14,17,18). The summed E-state index contributed by atoms with van der Waals surface area (Å²) in [6, 6.07) is 3.71. The van der Waals surface area contributed by atoms with Crippen LogP contribution < -0.4 is 11.5 Å². The predicted molar refractivity (Wildman–Crippen MR) is 77.6 cm³/mol. The summed E-state index contributed by atoms with van der Waals surface area (Å²) < 4.78 is 5.75. The molecule has 0 aromatic carbocycles. The van der Waals surface area contributed by atoms with E-state index in [0.717, 1.165) is 11.5 Å². The highest BCUT2D eigenvalue weighted by atomic mass is 32.1. The molecule has 3 aromatic heterocycles. The second-order valence-corrected chi connectivity index (χ2v) is 4.93. The number of nitrogens with one attached hydrogen (secondary N) is 1. The van der Waals surface area contributed by atoms with Crippen LogP contribution in [0.15, 0.2) is 33.1 Å². The van der Waals surface area contributed by atoms with Gasteiger partial charge in [-0.15, -0.1) is 11.3 Å². The smallest absolute Gasteiger partial charge is 0.212 e. The van der Waals surface area contributed by atoms with E-state index in [-0.39, 0.29) is 5.96 Å². The zero-order valence-corrected chi connectivity index (χ0v) is 11.4. The van der Waals surface area contributed by atoms with Gasteiger partial charge in [-0.2, -0.15) is 4.99 Å². The van der Waals surface area contributed by atoms with E-state index in [1.807, 2.05) is 24.4 Å². The lowest BCUT2D eigenvalue weighted by molar-refractivity contribution is 0.593. The van der Waals surface area contributed by atoms with Crippen molar-refractivity contribution < 1.29 is 4.42 Å². The van der Waals surface area contributed by atoms with Gasteiger partial charge < -0.3 is 20.9 Å². The average molecular weight is 288 g/mol. The summed E-state index contributed by atoms with van der Waals surface area (Å²) in [5, 5.41) is 2.33.